The minimum Gasteiger partial charge on any atom is -0.308 e. The highest BCUT2D eigenvalue weighted by molar-refractivity contribution is 5.21. The highest BCUT2D eigenvalue weighted by Crippen LogP contribution is 2.19. The molecule has 0 heterocycles. The van der Waals surface area contributed by atoms with Crippen molar-refractivity contribution >= 4 is 0 Å². The average molecular weight is 276 g/mol. The Morgan fingerprint density at radius 1 is 0.900 bits per heavy atom. The number of benzene rings is 1. The van der Waals surface area contributed by atoms with Crippen molar-refractivity contribution < 1.29 is 0 Å². The van der Waals surface area contributed by atoms with Gasteiger partial charge in [0.1, 0.15) is 0 Å². The van der Waals surface area contributed by atoms with Crippen LogP contribution in [0.4, 0.5) is 0 Å². The largest absolute Gasteiger partial charge is 0.308 e. The summed E-state index contributed by atoms with van der Waals surface area (Å²) in [6.45, 7) is 13.6. The molecule has 20 heavy (non-hydrogen) atoms. The Bertz CT molecular complexity index is 373. The van der Waals surface area contributed by atoms with Crippen LogP contribution in [0.15, 0.2) is 24.3 Å². The Morgan fingerprint density at radius 3 is 2.00 bits per heavy atom. The number of rotatable bonds is 7. The summed E-state index contributed by atoms with van der Waals surface area (Å²) in [6, 6.07) is 8.94. The van der Waals surface area contributed by atoms with Gasteiger partial charge >= 0.3 is 0 Å². The van der Waals surface area contributed by atoms with Gasteiger partial charge < -0.3 is 4.90 Å². The van der Waals surface area contributed by atoms with Crippen LogP contribution >= 0.6 is 0 Å². The first-order chi connectivity index (χ1) is 9.26. The average Bonchev–Trinajstić information content (AvgIpc) is 2.34. The van der Waals surface area contributed by atoms with Gasteiger partial charge in [0.15, 0.2) is 0 Å². The van der Waals surface area contributed by atoms with Crippen molar-refractivity contribution in [3.05, 3.63) is 35.4 Å². The maximum absolute atomic E-state index is 2.58. The molecule has 1 aromatic carbocycles. The maximum Gasteiger partial charge on any atom is 0.0234 e. The van der Waals surface area contributed by atoms with E-state index >= 15 is 0 Å². The lowest BCUT2D eigenvalue weighted by Gasteiger charge is -2.28. The number of aryl methyl sites for hydroxylation is 1. The first kappa shape index (κ1) is 17.2. The van der Waals surface area contributed by atoms with Crippen LogP contribution in [0.2, 0.25) is 0 Å². The van der Waals surface area contributed by atoms with E-state index in [9.17, 15) is 0 Å². The van der Waals surface area contributed by atoms with E-state index < -0.39 is 0 Å². The molecule has 1 rings (SSSR count). The minimum atomic E-state index is 0.406. The van der Waals surface area contributed by atoms with Crippen LogP contribution in [0, 0.1) is 12.3 Å². The number of hydrogen-bond donors (Lipinski definition) is 0. The van der Waals surface area contributed by atoms with Crippen LogP contribution in [-0.2, 0) is 6.54 Å². The number of hydrogen-bond acceptors (Lipinski definition) is 2. The first-order valence-electron chi connectivity index (χ1n) is 7.69. The highest BCUT2D eigenvalue weighted by atomic mass is 15.2. The first-order valence-corrected chi connectivity index (χ1v) is 7.69. The van der Waals surface area contributed by atoms with Crippen LogP contribution in [-0.4, -0.2) is 43.5 Å². The van der Waals surface area contributed by atoms with Crippen molar-refractivity contribution in [1.82, 2.24) is 9.80 Å². The SMILES string of the molecule is Cc1ccc(CN(CCN(C)C)CCC(C)(C)C)cc1. The van der Waals surface area contributed by atoms with E-state index in [1.807, 2.05) is 0 Å². The van der Waals surface area contributed by atoms with Gasteiger partial charge in [0, 0.05) is 19.6 Å². The molecule has 2 heteroatoms. The van der Waals surface area contributed by atoms with E-state index in [1.54, 1.807) is 0 Å². The molecule has 0 aliphatic carbocycles. The van der Waals surface area contributed by atoms with Gasteiger partial charge in [-0.3, -0.25) is 4.90 Å². The zero-order chi connectivity index (χ0) is 15.2. The Morgan fingerprint density at radius 2 is 1.50 bits per heavy atom. The molecular weight excluding hydrogens is 244 g/mol. The molecule has 0 aromatic heterocycles. The predicted molar refractivity (Wildman–Crippen MR) is 89.1 cm³/mol. The lowest BCUT2D eigenvalue weighted by molar-refractivity contribution is 0.202. The second kappa shape index (κ2) is 7.80. The van der Waals surface area contributed by atoms with Gasteiger partial charge in [0.2, 0.25) is 0 Å². The van der Waals surface area contributed by atoms with Gasteiger partial charge in [-0.25, -0.2) is 0 Å². The van der Waals surface area contributed by atoms with Crippen molar-refractivity contribution in [1.29, 1.82) is 0 Å². The van der Waals surface area contributed by atoms with E-state index in [0.29, 0.717) is 5.41 Å². The Hall–Kier alpha value is -0.860. The van der Waals surface area contributed by atoms with Crippen molar-refractivity contribution in [3.63, 3.8) is 0 Å². The quantitative estimate of drug-likeness (QED) is 0.747. The third-order valence-corrected chi connectivity index (χ3v) is 3.57. The van der Waals surface area contributed by atoms with Crippen LogP contribution in [0.5, 0.6) is 0 Å². The molecule has 1 aromatic rings. The summed E-state index contributed by atoms with van der Waals surface area (Å²) < 4.78 is 0. The van der Waals surface area contributed by atoms with Gasteiger partial charge in [-0.1, -0.05) is 50.6 Å². The fourth-order valence-electron chi connectivity index (χ4n) is 2.06. The Labute approximate surface area is 125 Å². The second-order valence-electron chi connectivity index (χ2n) is 7.38. The summed E-state index contributed by atoms with van der Waals surface area (Å²) in [5, 5.41) is 0. The van der Waals surface area contributed by atoms with Crippen LogP contribution in [0.3, 0.4) is 0 Å². The molecule has 0 saturated heterocycles. The molecule has 0 unspecified atom stereocenters. The predicted octanol–water partition coefficient (Wildman–Crippen LogP) is 3.79. The van der Waals surface area contributed by atoms with E-state index in [1.165, 1.54) is 24.1 Å². The lowest BCUT2D eigenvalue weighted by atomic mass is 9.92. The molecule has 114 valence electrons. The topological polar surface area (TPSA) is 6.48 Å². The van der Waals surface area contributed by atoms with E-state index in [2.05, 4.69) is 75.9 Å². The molecule has 2 nitrogen and oxygen atoms in total. The van der Waals surface area contributed by atoms with Gasteiger partial charge in [0.25, 0.3) is 0 Å². The van der Waals surface area contributed by atoms with E-state index in [4.69, 9.17) is 0 Å². The molecule has 0 saturated carbocycles. The monoisotopic (exact) mass is 276 g/mol. The molecule has 0 spiro atoms. The summed E-state index contributed by atoms with van der Waals surface area (Å²) in [4.78, 5) is 4.84. The third-order valence-electron chi connectivity index (χ3n) is 3.57. The van der Waals surface area contributed by atoms with Crippen LogP contribution < -0.4 is 0 Å². The fraction of sp³-hybridized carbons (Fsp3) is 0.667. The van der Waals surface area contributed by atoms with Crippen LogP contribution in [0.25, 0.3) is 0 Å². The second-order valence-corrected chi connectivity index (χ2v) is 7.38. The Balaban J connectivity index is 2.58. The summed E-state index contributed by atoms with van der Waals surface area (Å²) in [5.41, 5.74) is 3.16. The van der Waals surface area contributed by atoms with Gasteiger partial charge in [0.05, 0.1) is 0 Å². The third kappa shape index (κ3) is 7.66. The zero-order valence-corrected chi connectivity index (χ0v) is 14.2. The van der Waals surface area contributed by atoms with Crippen molar-refractivity contribution in [3.8, 4) is 0 Å². The molecule has 0 atom stereocenters. The number of likely N-dealkylation sites (N-methyl/N-ethyl adjacent to an activating group) is 1. The van der Waals surface area contributed by atoms with E-state index in [-0.39, 0.29) is 0 Å². The lowest BCUT2D eigenvalue weighted by Crippen LogP contribution is -2.33. The van der Waals surface area contributed by atoms with Crippen molar-refractivity contribution in [2.24, 2.45) is 5.41 Å². The van der Waals surface area contributed by atoms with Crippen LogP contribution in [0.1, 0.15) is 38.3 Å². The molecule has 0 aliphatic rings. The van der Waals surface area contributed by atoms with Crippen molar-refractivity contribution in [2.45, 2.75) is 40.7 Å². The summed E-state index contributed by atoms with van der Waals surface area (Å²) in [5.74, 6) is 0. The summed E-state index contributed by atoms with van der Waals surface area (Å²) in [6.07, 6.45) is 1.24. The maximum atomic E-state index is 2.58. The Kier molecular flexibility index (Phi) is 6.70. The molecule has 0 aliphatic heterocycles. The zero-order valence-electron chi connectivity index (χ0n) is 14.2. The van der Waals surface area contributed by atoms with Gasteiger partial charge in [-0.15, -0.1) is 0 Å². The normalized spacial score (nSPS) is 12.4. The molecule has 0 fully saturated rings. The van der Waals surface area contributed by atoms with Gasteiger partial charge in [-0.2, -0.15) is 0 Å². The summed E-state index contributed by atoms with van der Waals surface area (Å²) >= 11 is 0. The standard InChI is InChI=1S/C18H32N2/c1-16-7-9-17(10-8-16)15-20(14-13-19(5)6)12-11-18(2,3)4/h7-10H,11-15H2,1-6H3. The number of nitrogens with zero attached hydrogens (tertiary/aromatic N) is 2. The molecular formula is C18H32N2. The molecule has 0 radical (unpaired) electrons. The molecule has 0 bridgehead atoms. The minimum absolute atomic E-state index is 0.406. The molecule has 0 N–H and O–H groups in total. The summed E-state index contributed by atoms with van der Waals surface area (Å²) in [7, 11) is 4.29. The highest BCUT2D eigenvalue weighted by Gasteiger charge is 2.14. The molecule has 0 amide bonds. The van der Waals surface area contributed by atoms with E-state index in [0.717, 1.165) is 19.6 Å². The smallest absolute Gasteiger partial charge is 0.0234 e. The fourth-order valence-corrected chi connectivity index (χ4v) is 2.06. The van der Waals surface area contributed by atoms with Gasteiger partial charge in [-0.05, 0) is 45.0 Å². The van der Waals surface area contributed by atoms with Crippen molar-refractivity contribution in [2.75, 3.05) is 33.7 Å².